The summed E-state index contributed by atoms with van der Waals surface area (Å²) in [7, 11) is 0. The largest absolute Gasteiger partial charge is 0.250 e. The van der Waals surface area contributed by atoms with Crippen LogP contribution >= 0.6 is 23.8 Å². The summed E-state index contributed by atoms with van der Waals surface area (Å²) in [6.45, 7) is 2.02. The highest BCUT2D eigenvalue weighted by atomic mass is 35.5. The molecule has 0 atom stereocenters. The maximum Gasteiger partial charge on any atom is 0.216 e. The first-order valence-corrected chi connectivity index (χ1v) is 7.48. The van der Waals surface area contributed by atoms with Crippen LogP contribution in [-0.2, 0) is 0 Å². The zero-order valence-electron chi connectivity index (χ0n) is 11.8. The van der Waals surface area contributed by atoms with E-state index in [4.69, 9.17) is 23.8 Å². The van der Waals surface area contributed by atoms with E-state index in [2.05, 4.69) is 15.3 Å². The van der Waals surface area contributed by atoms with Crippen LogP contribution in [0.3, 0.4) is 0 Å². The minimum atomic E-state index is 0.432. The topological polar surface area (TPSA) is 46.0 Å². The number of hydrogen-bond donors (Lipinski definition) is 1. The van der Waals surface area contributed by atoms with Crippen LogP contribution in [0.2, 0.25) is 5.02 Å². The van der Waals surface area contributed by atoms with Crippen LogP contribution in [0.4, 0.5) is 0 Å². The summed E-state index contributed by atoms with van der Waals surface area (Å²) < 4.78 is 2.03. The van der Waals surface area contributed by atoms with E-state index in [0.29, 0.717) is 15.6 Å². The van der Waals surface area contributed by atoms with Gasteiger partial charge in [-0.05, 0) is 30.8 Å². The number of aromatic nitrogens is 3. The molecule has 0 unspecified atom stereocenters. The molecule has 3 rings (SSSR count). The van der Waals surface area contributed by atoms with Gasteiger partial charge in [-0.1, -0.05) is 54.1 Å². The number of halogens is 1. The van der Waals surface area contributed by atoms with Gasteiger partial charge in [0.2, 0.25) is 4.77 Å². The van der Waals surface area contributed by atoms with Crippen LogP contribution in [0, 0.1) is 11.7 Å². The Bertz CT molecular complexity index is 895. The highest BCUT2D eigenvalue weighted by Gasteiger charge is 2.10. The van der Waals surface area contributed by atoms with Crippen molar-refractivity contribution < 1.29 is 0 Å². The van der Waals surface area contributed by atoms with Gasteiger partial charge < -0.3 is 0 Å². The fraction of sp³-hybridized carbons (Fsp3) is 0.0625. The summed E-state index contributed by atoms with van der Waals surface area (Å²) in [4.78, 5) is 0. The summed E-state index contributed by atoms with van der Waals surface area (Å²) >= 11 is 11.4. The molecule has 110 valence electrons. The van der Waals surface area contributed by atoms with Crippen molar-refractivity contribution in [2.75, 3.05) is 0 Å². The second kappa shape index (κ2) is 6.25. The molecule has 0 fully saturated rings. The Morgan fingerprint density at radius 3 is 2.68 bits per heavy atom. The van der Waals surface area contributed by atoms with Gasteiger partial charge in [0, 0.05) is 16.1 Å². The Balaban J connectivity index is 2.06. The Labute approximate surface area is 138 Å². The highest BCUT2D eigenvalue weighted by Crippen LogP contribution is 2.21. The molecule has 1 N–H and O–H groups in total. The molecule has 3 aromatic rings. The highest BCUT2D eigenvalue weighted by molar-refractivity contribution is 7.71. The van der Waals surface area contributed by atoms with Crippen LogP contribution in [0.5, 0.6) is 0 Å². The molecule has 4 nitrogen and oxygen atoms in total. The predicted molar refractivity (Wildman–Crippen MR) is 92.0 cm³/mol. The van der Waals surface area contributed by atoms with E-state index < -0.39 is 0 Å². The molecule has 0 amide bonds. The van der Waals surface area contributed by atoms with Crippen molar-refractivity contribution in [3.05, 3.63) is 69.5 Å². The lowest BCUT2D eigenvalue weighted by Gasteiger charge is -2.04. The second-order valence-corrected chi connectivity index (χ2v) is 5.54. The molecule has 22 heavy (non-hydrogen) atoms. The third kappa shape index (κ3) is 2.86. The normalized spacial score (nSPS) is 11.2. The van der Waals surface area contributed by atoms with E-state index in [0.717, 1.165) is 16.7 Å². The lowest BCUT2D eigenvalue weighted by Crippen LogP contribution is -1.96. The standard InChI is InChI=1S/C16H13ClN4S/c1-11-6-2-4-8-13(11)15-19-20-16(22)21(15)18-10-12-7-3-5-9-14(12)17/h2-10H,1H3,(H,20,22)/b18-10-. The monoisotopic (exact) mass is 328 g/mol. The summed E-state index contributed by atoms with van der Waals surface area (Å²) in [6, 6.07) is 15.4. The number of H-pyrrole nitrogens is 1. The minimum Gasteiger partial charge on any atom is -0.250 e. The number of aromatic amines is 1. The fourth-order valence-electron chi connectivity index (χ4n) is 2.10. The zero-order valence-corrected chi connectivity index (χ0v) is 13.4. The molecular formula is C16H13ClN4S. The maximum atomic E-state index is 6.14. The summed E-state index contributed by atoms with van der Waals surface area (Å²) in [5.74, 6) is 0.673. The number of nitrogens with zero attached hydrogens (tertiary/aromatic N) is 3. The maximum absolute atomic E-state index is 6.14. The predicted octanol–water partition coefficient (Wildman–Crippen LogP) is 4.45. The first-order valence-electron chi connectivity index (χ1n) is 6.69. The van der Waals surface area contributed by atoms with E-state index in [1.165, 1.54) is 0 Å². The summed E-state index contributed by atoms with van der Waals surface area (Å²) in [6.07, 6.45) is 1.68. The smallest absolute Gasteiger partial charge is 0.216 e. The lowest BCUT2D eigenvalue weighted by atomic mass is 10.1. The van der Waals surface area contributed by atoms with E-state index in [1.54, 1.807) is 10.9 Å². The molecule has 0 saturated heterocycles. The van der Waals surface area contributed by atoms with Crippen LogP contribution in [0.25, 0.3) is 11.4 Å². The van der Waals surface area contributed by atoms with Gasteiger partial charge in [0.15, 0.2) is 5.82 Å². The third-order valence-corrected chi connectivity index (χ3v) is 3.86. The van der Waals surface area contributed by atoms with Gasteiger partial charge in [-0.15, -0.1) is 0 Å². The summed E-state index contributed by atoms with van der Waals surface area (Å²) in [5.41, 5.74) is 2.90. The number of aryl methyl sites for hydroxylation is 1. The van der Waals surface area contributed by atoms with Crippen LogP contribution < -0.4 is 0 Å². The van der Waals surface area contributed by atoms with Crippen LogP contribution in [0.1, 0.15) is 11.1 Å². The van der Waals surface area contributed by atoms with Crippen molar-refractivity contribution in [3.63, 3.8) is 0 Å². The van der Waals surface area contributed by atoms with Gasteiger partial charge in [-0.2, -0.15) is 14.9 Å². The molecule has 0 spiro atoms. The molecule has 2 aromatic carbocycles. The van der Waals surface area contributed by atoms with Gasteiger partial charge in [0.25, 0.3) is 0 Å². The van der Waals surface area contributed by atoms with E-state index in [9.17, 15) is 0 Å². The Hall–Kier alpha value is -2.24. The number of hydrogen-bond acceptors (Lipinski definition) is 3. The molecule has 0 aliphatic carbocycles. The number of rotatable bonds is 3. The Morgan fingerprint density at radius 1 is 1.18 bits per heavy atom. The first kappa shape index (κ1) is 14.7. The zero-order chi connectivity index (χ0) is 15.5. The van der Waals surface area contributed by atoms with E-state index in [1.807, 2.05) is 55.5 Å². The molecule has 1 aromatic heterocycles. The first-order chi connectivity index (χ1) is 10.7. The Morgan fingerprint density at radius 2 is 1.91 bits per heavy atom. The van der Waals surface area contributed by atoms with Crippen molar-refractivity contribution in [2.24, 2.45) is 5.10 Å². The molecule has 6 heteroatoms. The quantitative estimate of drug-likeness (QED) is 0.570. The second-order valence-electron chi connectivity index (χ2n) is 4.75. The third-order valence-electron chi connectivity index (χ3n) is 3.25. The van der Waals surface area contributed by atoms with Gasteiger partial charge in [0.05, 0.1) is 6.21 Å². The molecule has 0 aliphatic rings. The SMILES string of the molecule is Cc1ccccc1-c1n[nH]c(=S)n1/N=C\c1ccccc1Cl. The van der Waals surface area contributed by atoms with Gasteiger partial charge in [0.1, 0.15) is 0 Å². The molecule has 0 saturated carbocycles. The fourth-order valence-corrected chi connectivity index (χ4v) is 2.46. The minimum absolute atomic E-state index is 0.432. The molecule has 0 bridgehead atoms. The van der Waals surface area contributed by atoms with Gasteiger partial charge >= 0.3 is 0 Å². The number of nitrogens with one attached hydrogen (secondary N) is 1. The number of benzene rings is 2. The van der Waals surface area contributed by atoms with Crippen molar-refractivity contribution in [1.29, 1.82) is 0 Å². The summed E-state index contributed by atoms with van der Waals surface area (Å²) in [5, 5.41) is 12.1. The Kier molecular flexibility index (Phi) is 4.18. The van der Waals surface area contributed by atoms with Crippen molar-refractivity contribution in [3.8, 4) is 11.4 Å². The van der Waals surface area contributed by atoms with Crippen LogP contribution in [-0.4, -0.2) is 21.1 Å². The van der Waals surface area contributed by atoms with Crippen molar-refractivity contribution >= 4 is 30.0 Å². The van der Waals surface area contributed by atoms with Crippen molar-refractivity contribution in [1.82, 2.24) is 14.9 Å². The molecule has 0 radical (unpaired) electrons. The van der Waals surface area contributed by atoms with E-state index in [-0.39, 0.29) is 0 Å². The van der Waals surface area contributed by atoms with Crippen LogP contribution in [0.15, 0.2) is 53.6 Å². The van der Waals surface area contributed by atoms with Gasteiger partial charge in [-0.25, -0.2) is 5.10 Å². The lowest BCUT2D eigenvalue weighted by molar-refractivity contribution is 0.871. The van der Waals surface area contributed by atoms with Crippen molar-refractivity contribution in [2.45, 2.75) is 6.92 Å². The molecule has 0 aliphatic heterocycles. The van der Waals surface area contributed by atoms with Gasteiger partial charge in [-0.3, -0.25) is 0 Å². The van der Waals surface area contributed by atoms with E-state index >= 15 is 0 Å². The average molecular weight is 329 g/mol. The molecule has 1 heterocycles. The average Bonchev–Trinajstić information content (AvgIpc) is 2.88. The molecular weight excluding hydrogens is 316 g/mol.